The van der Waals surface area contributed by atoms with Crippen LogP contribution >= 0.6 is 11.6 Å². The molecule has 4 rings (SSSR count). The monoisotopic (exact) mass is 680 g/mol. The number of hydrogen-bond donors (Lipinski definition) is 5. The van der Waals surface area contributed by atoms with Crippen molar-refractivity contribution in [3.05, 3.63) is 92.4 Å². The summed E-state index contributed by atoms with van der Waals surface area (Å²) < 4.78 is 15.6. The first-order chi connectivity index (χ1) is 22.5. The highest BCUT2D eigenvalue weighted by Gasteiger charge is 2.21. The molecule has 0 saturated carbocycles. The molecule has 0 radical (unpaired) electrons. The Labute approximate surface area is 289 Å². The molecule has 7 N–H and O–H groups in total. The van der Waals surface area contributed by atoms with Crippen molar-refractivity contribution < 1.29 is 4.39 Å². The minimum Gasteiger partial charge on any atom is -0.370 e. The zero-order valence-corrected chi connectivity index (χ0v) is 30.6. The lowest BCUT2D eigenvalue weighted by Crippen LogP contribution is -2.23. The highest BCUT2D eigenvalue weighted by Crippen LogP contribution is 2.31. The maximum atomic E-state index is 14.0. The number of H-pyrrole nitrogens is 1. The zero-order chi connectivity index (χ0) is 35.6. The summed E-state index contributed by atoms with van der Waals surface area (Å²) in [5.74, 6) is -0.153. The van der Waals surface area contributed by atoms with Gasteiger partial charge in [-0.25, -0.2) is 9.18 Å². The van der Waals surface area contributed by atoms with Gasteiger partial charge in [0.15, 0.2) is 5.96 Å². The van der Waals surface area contributed by atoms with Crippen LogP contribution in [0.1, 0.15) is 90.1 Å². The van der Waals surface area contributed by atoms with E-state index in [4.69, 9.17) is 23.1 Å². The normalized spacial score (nSPS) is 12.5. The molecule has 1 atom stereocenters. The molecule has 0 aliphatic carbocycles. The summed E-state index contributed by atoms with van der Waals surface area (Å²) in [6, 6.07) is 14.2. The van der Waals surface area contributed by atoms with Gasteiger partial charge >= 0.3 is 5.69 Å². The van der Waals surface area contributed by atoms with Crippen molar-refractivity contribution in [3.8, 4) is 5.69 Å². The summed E-state index contributed by atoms with van der Waals surface area (Å²) in [4.78, 5) is 23.9. The molecule has 48 heavy (non-hydrogen) atoms. The Hall–Kier alpha value is -3.73. The minimum atomic E-state index is -0.301. The molecule has 0 amide bonds. The van der Waals surface area contributed by atoms with E-state index in [0.29, 0.717) is 23.8 Å². The molecule has 0 bridgehead atoms. The van der Waals surface area contributed by atoms with Crippen molar-refractivity contribution in [1.29, 1.82) is 0 Å². The molecule has 0 unspecified atom stereocenters. The number of aromatic amines is 1. The van der Waals surface area contributed by atoms with Crippen molar-refractivity contribution in [2.45, 2.75) is 97.6 Å². The molecule has 2 heterocycles. The summed E-state index contributed by atoms with van der Waals surface area (Å²) in [6.45, 7) is 16.7. The molecule has 0 fully saturated rings. The van der Waals surface area contributed by atoms with Crippen LogP contribution in [-0.2, 0) is 23.8 Å². The van der Waals surface area contributed by atoms with Gasteiger partial charge in [0.25, 0.3) is 0 Å². The summed E-state index contributed by atoms with van der Waals surface area (Å²) in [5.41, 5.74) is 15.5. The Bertz CT molecular complexity index is 1710. The van der Waals surface area contributed by atoms with Crippen LogP contribution in [-0.4, -0.2) is 46.7 Å². The average molecular weight is 681 g/mol. The van der Waals surface area contributed by atoms with Crippen LogP contribution in [0, 0.1) is 5.82 Å². The maximum absolute atomic E-state index is 14.0. The van der Waals surface area contributed by atoms with Gasteiger partial charge in [0.2, 0.25) is 0 Å². The molecule has 0 aliphatic rings. The van der Waals surface area contributed by atoms with Gasteiger partial charge in [-0.3, -0.25) is 9.56 Å². The van der Waals surface area contributed by atoms with Gasteiger partial charge in [0, 0.05) is 41.8 Å². The van der Waals surface area contributed by atoms with E-state index < -0.39 is 0 Å². The first kappa shape index (κ1) is 38.7. The predicted molar refractivity (Wildman–Crippen MR) is 199 cm³/mol. The largest absolute Gasteiger partial charge is 0.370 e. The average Bonchev–Trinajstić information content (AvgIpc) is 3.43. The highest BCUT2D eigenvalue weighted by atomic mass is 35.5. The van der Waals surface area contributed by atoms with Gasteiger partial charge in [-0.15, -0.1) is 0 Å². The van der Waals surface area contributed by atoms with Crippen LogP contribution in [0.4, 0.5) is 4.39 Å². The Morgan fingerprint density at radius 2 is 1.73 bits per heavy atom. The Morgan fingerprint density at radius 1 is 1.04 bits per heavy atom. The maximum Gasteiger partial charge on any atom is 0.354 e. The van der Waals surface area contributed by atoms with E-state index in [1.54, 1.807) is 10.6 Å². The number of fused-ring (bicyclic) bond motifs is 1. The van der Waals surface area contributed by atoms with Gasteiger partial charge < -0.3 is 27.1 Å². The standard InChI is InChI=1S/C21H29N7O.C16H25ClFN/c1-21(2,3)17-11-15-13-28(20(29)27-18(15)26-17)16-7-5-14(6-8-16)12-24-9-4-10-25-19(22)23;1-11(19-5)7-6-8-12-9-13(16(2,3)4)15(18)14(17)10-12/h5-8,11,13,24H,4,9-10,12H2,1-3H3,(H4,22,23,25)(H,26,27,29);9-11,19H,6-8H2,1-5H3/t;11-/m.0/s1. The van der Waals surface area contributed by atoms with E-state index >= 15 is 0 Å². The van der Waals surface area contributed by atoms with E-state index in [0.717, 1.165) is 66.7 Å². The van der Waals surface area contributed by atoms with Gasteiger partial charge in [0.1, 0.15) is 11.5 Å². The van der Waals surface area contributed by atoms with Gasteiger partial charge in [-0.05, 0) is 92.6 Å². The summed E-state index contributed by atoms with van der Waals surface area (Å²) in [7, 11) is 1.97. The van der Waals surface area contributed by atoms with Crippen molar-refractivity contribution in [3.63, 3.8) is 0 Å². The van der Waals surface area contributed by atoms with Crippen molar-refractivity contribution in [2.24, 2.45) is 16.5 Å². The predicted octanol–water partition coefficient (Wildman–Crippen LogP) is 6.47. The third-order valence-corrected chi connectivity index (χ3v) is 8.43. The lowest BCUT2D eigenvalue weighted by Gasteiger charge is -2.21. The SMILES string of the molecule is CC(C)(C)c1cc2cn(-c3ccc(CNCCCN=C(N)N)cc3)c(=O)nc2[nH]1.CN[C@@H](C)CCCc1cc(Cl)c(F)c(C(C)(C)C)c1. The number of hydrogen-bond acceptors (Lipinski definition) is 5. The van der Waals surface area contributed by atoms with Crippen LogP contribution in [0.3, 0.4) is 0 Å². The van der Waals surface area contributed by atoms with Gasteiger partial charge in [-0.2, -0.15) is 4.98 Å². The first-order valence-corrected chi connectivity index (χ1v) is 17.0. The number of rotatable bonds is 12. The Balaban J connectivity index is 0.000000286. The number of nitrogens with zero attached hydrogens (tertiary/aromatic N) is 3. The smallest absolute Gasteiger partial charge is 0.354 e. The number of aryl methyl sites for hydroxylation is 1. The fourth-order valence-corrected chi connectivity index (χ4v) is 5.34. The third-order valence-electron chi connectivity index (χ3n) is 8.16. The summed E-state index contributed by atoms with van der Waals surface area (Å²) in [5, 5.41) is 7.73. The second-order valence-corrected chi connectivity index (χ2v) is 14.8. The Morgan fingerprint density at radius 3 is 2.33 bits per heavy atom. The fourth-order valence-electron chi connectivity index (χ4n) is 5.09. The summed E-state index contributed by atoms with van der Waals surface area (Å²) >= 11 is 6.01. The fraction of sp³-hybridized carbons (Fsp3) is 0.486. The molecule has 11 heteroatoms. The second kappa shape index (κ2) is 17.1. The number of nitrogens with two attached hydrogens (primary N) is 2. The van der Waals surface area contributed by atoms with Crippen molar-refractivity contribution in [2.75, 3.05) is 20.1 Å². The second-order valence-electron chi connectivity index (χ2n) is 14.4. The highest BCUT2D eigenvalue weighted by molar-refractivity contribution is 6.30. The molecule has 0 saturated heterocycles. The van der Waals surface area contributed by atoms with Crippen LogP contribution < -0.4 is 27.8 Å². The number of guanidine groups is 1. The van der Waals surface area contributed by atoms with Crippen LogP contribution in [0.5, 0.6) is 0 Å². The van der Waals surface area contributed by atoms with E-state index in [2.05, 4.69) is 59.4 Å². The number of aromatic nitrogens is 3. The Kier molecular flexibility index (Phi) is 13.8. The number of halogens is 2. The van der Waals surface area contributed by atoms with E-state index in [1.807, 2.05) is 64.3 Å². The molecule has 9 nitrogen and oxygen atoms in total. The van der Waals surface area contributed by atoms with Crippen molar-refractivity contribution in [1.82, 2.24) is 25.2 Å². The number of aliphatic imine (C=N–C) groups is 1. The number of benzene rings is 2. The summed E-state index contributed by atoms with van der Waals surface area (Å²) in [6.07, 6.45) is 5.83. The zero-order valence-electron chi connectivity index (χ0n) is 29.8. The number of nitrogens with one attached hydrogen (secondary N) is 3. The lowest BCUT2D eigenvalue weighted by atomic mass is 9.85. The van der Waals surface area contributed by atoms with Crippen LogP contribution in [0.15, 0.2) is 58.4 Å². The third kappa shape index (κ3) is 11.5. The molecule has 0 spiro atoms. The van der Waals surface area contributed by atoms with Crippen molar-refractivity contribution >= 4 is 28.6 Å². The van der Waals surface area contributed by atoms with E-state index in [1.165, 1.54) is 0 Å². The molecule has 4 aromatic rings. The van der Waals surface area contributed by atoms with E-state index in [-0.39, 0.29) is 33.3 Å². The minimum absolute atomic E-state index is 0.0352. The van der Waals surface area contributed by atoms with E-state index in [9.17, 15) is 9.18 Å². The molecular formula is C37H54ClFN8O. The molecule has 2 aromatic carbocycles. The molecular weight excluding hydrogens is 627 g/mol. The van der Waals surface area contributed by atoms with Gasteiger partial charge in [0.05, 0.1) is 10.7 Å². The first-order valence-electron chi connectivity index (χ1n) is 16.6. The molecule has 2 aromatic heterocycles. The molecule has 0 aliphatic heterocycles. The van der Waals surface area contributed by atoms with Crippen LogP contribution in [0.2, 0.25) is 5.02 Å². The topological polar surface area (TPSA) is 139 Å². The molecule has 262 valence electrons. The lowest BCUT2D eigenvalue weighted by molar-refractivity contribution is 0.519. The van der Waals surface area contributed by atoms with Gasteiger partial charge in [-0.1, -0.05) is 71.3 Å². The van der Waals surface area contributed by atoms with Crippen LogP contribution in [0.25, 0.3) is 16.7 Å². The quantitative estimate of drug-likeness (QED) is 0.0660.